The molecule has 9 nitrogen and oxygen atoms in total. The molecule has 2 aromatic carbocycles. The molecule has 190 valence electrons. The monoisotopic (exact) mass is 511 g/mol. The summed E-state index contributed by atoms with van der Waals surface area (Å²) in [6.07, 6.45) is 3.25. The smallest absolute Gasteiger partial charge is 0.254 e. The molecule has 0 aliphatic carbocycles. The maximum Gasteiger partial charge on any atom is 0.254 e. The Hall–Kier alpha value is -3.37. The highest BCUT2D eigenvalue weighted by molar-refractivity contribution is 7.90. The minimum absolute atomic E-state index is 0.00318. The van der Waals surface area contributed by atoms with Crippen molar-refractivity contribution in [3.8, 4) is 11.5 Å². The Kier molecular flexibility index (Phi) is 6.97. The van der Waals surface area contributed by atoms with Crippen molar-refractivity contribution >= 4 is 15.7 Å². The number of carbonyl (C=O) groups is 1. The van der Waals surface area contributed by atoms with Gasteiger partial charge >= 0.3 is 0 Å². The van der Waals surface area contributed by atoms with Gasteiger partial charge in [0.25, 0.3) is 5.91 Å². The Labute approximate surface area is 210 Å². The molecular formula is C26H29N3O6S. The zero-order valence-corrected chi connectivity index (χ0v) is 20.9. The summed E-state index contributed by atoms with van der Waals surface area (Å²) in [6, 6.07) is 14.2. The van der Waals surface area contributed by atoms with E-state index >= 15 is 0 Å². The van der Waals surface area contributed by atoms with Gasteiger partial charge in [-0.3, -0.25) is 4.79 Å². The molecule has 2 aliphatic rings. The average molecular weight is 512 g/mol. The molecule has 3 aromatic rings. The maximum atomic E-state index is 13.4. The van der Waals surface area contributed by atoms with Gasteiger partial charge in [0.1, 0.15) is 0 Å². The second-order valence-corrected chi connectivity index (χ2v) is 10.8. The summed E-state index contributed by atoms with van der Waals surface area (Å²) < 4.78 is 45.1. The van der Waals surface area contributed by atoms with E-state index in [2.05, 4.69) is 4.98 Å². The van der Waals surface area contributed by atoms with Crippen molar-refractivity contribution in [1.29, 1.82) is 0 Å². The van der Waals surface area contributed by atoms with Gasteiger partial charge in [-0.25, -0.2) is 13.4 Å². The fraction of sp³-hybridized carbons (Fsp3) is 0.385. The molecule has 10 heteroatoms. The normalized spacial score (nSPS) is 16.9. The summed E-state index contributed by atoms with van der Waals surface area (Å²) in [5.74, 6) is 0.810. The minimum Gasteiger partial charge on any atom is -0.454 e. The van der Waals surface area contributed by atoms with Crippen LogP contribution in [0.15, 0.2) is 59.9 Å². The third-order valence-corrected chi connectivity index (χ3v) is 8.03. The van der Waals surface area contributed by atoms with Crippen LogP contribution in [0.5, 0.6) is 11.5 Å². The topological polar surface area (TPSA) is 100.0 Å². The van der Waals surface area contributed by atoms with Gasteiger partial charge in [0.15, 0.2) is 11.5 Å². The van der Waals surface area contributed by atoms with Gasteiger partial charge in [-0.15, -0.1) is 0 Å². The largest absolute Gasteiger partial charge is 0.454 e. The van der Waals surface area contributed by atoms with E-state index in [4.69, 9.17) is 14.2 Å². The molecule has 2 aliphatic heterocycles. The van der Waals surface area contributed by atoms with Crippen LogP contribution < -0.4 is 9.47 Å². The predicted molar refractivity (Wildman–Crippen MR) is 132 cm³/mol. The number of amides is 1. The third-order valence-electron chi connectivity index (χ3n) is 6.43. The molecule has 0 spiro atoms. The lowest BCUT2D eigenvalue weighted by molar-refractivity contribution is 0.0741. The van der Waals surface area contributed by atoms with Gasteiger partial charge in [-0.2, -0.15) is 0 Å². The zero-order chi connectivity index (χ0) is 25.1. The van der Waals surface area contributed by atoms with Crippen molar-refractivity contribution in [2.75, 3.05) is 19.9 Å². The van der Waals surface area contributed by atoms with Crippen LogP contribution in [0.1, 0.15) is 41.4 Å². The van der Waals surface area contributed by atoms with Crippen LogP contribution in [-0.2, 0) is 33.4 Å². The number of imidazole rings is 1. The summed E-state index contributed by atoms with van der Waals surface area (Å²) in [5, 5.41) is 0.00318. The van der Waals surface area contributed by atoms with Crippen molar-refractivity contribution in [2.45, 2.75) is 49.9 Å². The first-order chi connectivity index (χ1) is 17.4. The van der Waals surface area contributed by atoms with Crippen molar-refractivity contribution in [3.05, 3.63) is 71.5 Å². The molecule has 1 saturated heterocycles. The molecule has 0 unspecified atom stereocenters. The first-order valence-electron chi connectivity index (χ1n) is 12.1. The molecule has 3 heterocycles. The summed E-state index contributed by atoms with van der Waals surface area (Å²) >= 11 is 0. The summed E-state index contributed by atoms with van der Waals surface area (Å²) in [5.41, 5.74) is 1.81. The number of hydrogen-bond acceptors (Lipinski definition) is 7. The Morgan fingerprint density at radius 3 is 2.69 bits per heavy atom. The fourth-order valence-electron chi connectivity index (χ4n) is 4.55. The van der Waals surface area contributed by atoms with E-state index < -0.39 is 9.84 Å². The highest BCUT2D eigenvalue weighted by Crippen LogP contribution is 2.33. The maximum absolute atomic E-state index is 13.4. The molecule has 0 saturated carbocycles. The van der Waals surface area contributed by atoms with Crippen molar-refractivity contribution < 1.29 is 27.4 Å². The van der Waals surface area contributed by atoms with Crippen LogP contribution in [0, 0.1) is 0 Å². The van der Waals surface area contributed by atoms with E-state index in [1.54, 1.807) is 46.0 Å². The van der Waals surface area contributed by atoms with E-state index in [9.17, 15) is 13.2 Å². The Morgan fingerprint density at radius 1 is 1.14 bits per heavy atom. The van der Waals surface area contributed by atoms with Gasteiger partial charge in [-0.05, 0) is 43.5 Å². The number of sulfone groups is 1. The number of rotatable bonds is 9. The molecule has 36 heavy (non-hydrogen) atoms. The third kappa shape index (κ3) is 5.10. The standard InChI is InChI=1S/C26H29N3O6S/c1-2-28(25(30)20-10-11-23-24(13-20)35-18-34-23)15-21-14-27-26(29(21)16-22-9-6-12-33-22)36(31,32)17-19-7-4-3-5-8-19/h3-5,7-8,10-11,13-14,22H,2,6,9,12,15-18H2,1H3/t22-/m1/s1. The molecule has 0 radical (unpaired) electrons. The first kappa shape index (κ1) is 24.3. The van der Waals surface area contributed by atoms with Crippen LogP contribution in [0.25, 0.3) is 0 Å². The molecule has 5 rings (SSSR count). The molecular weight excluding hydrogens is 482 g/mol. The van der Waals surface area contributed by atoms with Crippen LogP contribution >= 0.6 is 0 Å². The summed E-state index contributed by atoms with van der Waals surface area (Å²) in [4.78, 5) is 19.3. The average Bonchev–Trinajstić information content (AvgIpc) is 3.64. The van der Waals surface area contributed by atoms with E-state index in [0.29, 0.717) is 48.0 Å². The molecule has 1 aromatic heterocycles. The lowest BCUT2D eigenvalue weighted by Crippen LogP contribution is -2.32. The SMILES string of the molecule is CCN(Cc1cnc(S(=O)(=O)Cc2ccccc2)n1C[C@H]1CCCO1)C(=O)c1ccc2c(c1)OCO2. The summed E-state index contributed by atoms with van der Waals surface area (Å²) in [7, 11) is -3.72. The molecule has 1 atom stereocenters. The van der Waals surface area contributed by atoms with Gasteiger partial charge < -0.3 is 23.7 Å². The highest BCUT2D eigenvalue weighted by atomic mass is 32.2. The van der Waals surface area contributed by atoms with Crippen LogP contribution in [-0.4, -0.2) is 54.8 Å². The lowest BCUT2D eigenvalue weighted by atomic mass is 10.1. The number of fused-ring (bicyclic) bond motifs is 1. The quantitative estimate of drug-likeness (QED) is 0.434. The second-order valence-electron chi connectivity index (χ2n) is 8.91. The molecule has 1 amide bonds. The molecule has 1 fully saturated rings. The van der Waals surface area contributed by atoms with Crippen LogP contribution in [0.4, 0.5) is 0 Å². The van der Waals surface area contributed by atoms with Crippen molar-refractivity contribution in [1.82, 2.24) is 14.5 Å². The molecule has 0 N–H and O–H groups in total. The van der Waals surface area contributed by atoms with E-state index in [-0.39, 0.29) is 36.3 Å². The lowest BCUT2D eigenvalue weighted by Gasteiger charge is -2.23. The van der Waals surface area contributed by atoms with Crippen LogP contribution in [0.2, 0.25) is 0 Å². The predicted octanol–water partition coefficient (Wildman–Crippen LogP) is 3.43. The Morgan fingerprint density at radius 2 is 1.94 bits per heavy atom. The second kappa shape index (κ2) is 10.3. The number of hydrogen-bond donors (Lipinski definition) is 0. The molecule has 0 bridgehead atoms. The van der Waals surface area contributed by atoms with E-state index in [1.807, 2.05) is 25.1 Å². The van der Waals surface area contributed by atoms with Gasteiger partial charge in [0.05, 0.1) is 36.8 Å². The zero-order valence-electron chi connectivity index (χ0n) is 20.1. The van der Waals surface area contributed by atoms with E-state index in [0.717, 1.165) is 12.8 Å². The van der Waals surface area contributed by atoms with Gasteiger partial charge in [0, 0.05) is 18.7 Å². The Balaban J connectivity index is 1.43. The fourth-order valence-corrected chi connectivity index (χ4v) is 6.05. The minimum atomic E-state index is -3.72. The number of ether oxygens (including phenoxy) is 3. The first-order valence-corrected chi connectivity index (χ1v) is 13.7. The van der Waals surface area contributed by atoms with Crippen molar-refractivity contribution in [3.63, 3.8) is 0 Å². The number of carbonyl (C=O) groups excluding carboxylic acids is 1. The van der Waals surface area contributed by atoms with Gasteiger partial charge in [-0.1, -0.05) is 30.3 Å². The van der Waals surface area contributed by atoms with E-state index in [1.165, 1.54) is 0 Å². The Bertz CT molecular complexity index is 1330. The summed E-state index contributed by atoms with van der Waals surface area (Å²) in [6.45, 7) is 3.69. The number of aromatic nitrogens is 2. The number of nitrogens with zero attached hydrogens (tertiary/aromatic N) is 3. The van der Waals surface area contributed by atoms with Gasteiger partial charge in [0.2, 0.25) is 21.8 Å². The van der Waals surface area contributed by atoms with Crippen molar-refractivity contribution in [2.24, 2.45) is 0 Å². The number of benzene rings is 2. The highest BCUT2D eigenvalue weighted by Gasteiger charge is 2.28. The van der Waals surface area contributed by atoms with Crippen LogP contribution in [0.3, 0.4) is 0 Å².